The molecule has 8 heteroatoms. The molecule has 0 radical (unpaired) electrons. The summed E-state index contributed by atoms with van der Waals surface area (Å²) >= 11 is 0. The Morgan fingerprint density at radius 2 is 2.00 bits per heavy atom. The number of hydrogen-bond donors (Lipinski definition) is 1. The maximum absolute atomic E-state index is 12.0. The number of benzene rings is 1. The van der Waals surface area contributed by atoms with Crippen LogP contribution in [-0.2, 0) is 19.6 Å². The van der Waals surface area contributed by atoms with Gasteiger partial charge in [0.05, 0.1) is 25.0 Å². The van der Waals surface area contributed by atoms with E-state index in [0.717, 1.165) is 0 Å². The van der Waals surface area contributed by atoms with Crippen molar-refractivity contribution in [3.05, 3.63) is 30.3 Å². The summed E-state index contributed by atoms with van der Waals surface area (Å²) in [4.78, 5) is 12.0. The van der Waals surface area contributed by atoms with Crippen LogP contribution in [0.15, 0.2) is 30.3 Å². The number of para-hydroxylation sites is 1. The van der Waals surface area contributed by atoms with Gasteiger partial charge >= 0.3 is 0 Å². The lowest BCUT2D eigenvalue weighted by atomic mass is 10.1. The molecule has 1 N–H and O–H groups in total. The number of carbonyl (C=O) groups is 1. The molecular formula is C15H22N2O5S. The number of ether oxygens (including phenoxy) is 2. The van der Waals surface area contributed by atoms with Crippen molar-refractivity contribution >= 4 is 15.9 Å². The van der Waals surface area contributed by atoms with Crippen LogP contribution in [0, 0.1) is 5.92 Å². The van der Waals surface area contributed by atoms with Crippen molar-refractivity contribution in [2.24, 2.45) is 5.92 Å². The first-order chi connectivity index (χ1) is 10.9. The minimum atomic E-state index is -3.33. The monoisotopic (exact) mass is 342 g/mol. The molecule has 2 atom stereocenters. The number of nitrogens with one attached hydrogen (secondary N) is 1. The smallest absolute Gasteiger partial charge is 0.258 e. The fourth-order valence-corrected chi connectivity index (χ4v) is 3.42. The molecule has 1 aromatic carbocycles. The Kier molecular flexibility index (Phi) is 5.97. The van der Waals surface area contributed by atoms with Crippen LogP contribution in [0.4, 0.5) is 0 Å². The molecule has 0 bridgehead atoms. The summed E-state index contributed by atoms with van der Waals surface area (Å²) in [6.45, 7) is 0.510. The number of hydrogen-bond acceptors (Lipinski definition) is 5. The van der Waals surface area contributed by atoms with E-state index >= 15 is 0 Å². The maximum Gasteiger partial charge on any atom is 0.258 e. The van der Waals surface area contributed by atoms with Gasteiger partial charge in [-0.05, 0) is 12.1 Å². The molecule has 0 saturated carbocycles. The second kappa shape index (κ2) is 7.76. The second-order valence-corrected chi connectivity index (χ2v) is 7.86. The van der Waals surface area contributed by atoms with Gasteiger partial charge in [-0.25, -0.2) is 12.7 Å². The van der Waals surface area contributed by atoms with Crippen LogP contribution < -0.4 is 10.1 Å². The van der Waals surface area contributed by atoms with Crippen molar-refractivity contribution in [2.45, 2.75) is 6.04 Å². The standard InChI is InChI=1S/C15H22N2O5S/c1-17(2)23(19,20)11-12-8-21-9-14(12)16-15(18)10-22-13-6-4-3-5-7-13/h3-7,12,14H,8-11H2,1-2H3,(H,16,18)/t12-,14+/m0/s1. The van der Waals surface area contributed by atoms with Crippen molar-refractivity contribution in [1.82, 2.24) is 9.62 Å². The second-order valence-electron chi connectivity index (χ2n) is 5.63. The van der Waals surface area contributed by atoms with Crippen LogP contribution in [0.5, 0.6) is 5.75 Å². The highest BCUT2D eigenvalue weighted by atomic mass is 32.2. The van der Waals surface area contributed by atoms with Gasteiger partial charge in [0, 0.05) is 20.0 Å². The SMILES string of the molecule is CN(C)S(=O)(=O)C[C@@H]1COC[C@H]1NC(=O)COc1ccccc1. The van der Waals surface area contributed by atoms with Gasteiger partial charge in [-0.3, -0.25) is 4.79 Å². The highest BCUT2D eigenvalue weighted by molar-refractivity contribution is 7.89. The van der Waals surface area contributed by atoms with E-state index in [-0.39, 0.29) is 30.2 Å². The van der Waals surface area contributed by atoms with Gasteiger partial charge in [0.2, 0.25) is 10.0 Å². The summed E-state index contributed by atoms with van der Waals surface area (Å²) < 4.78 is 35.8. The largest absolute Gasteiger partial charge is 0.484 e. The summed E-state index contributed by atoms with van der Waals surface area (Å²) in [6.07, 6.45) is 0. The molecule has 1 fully saturated rings. The van der Waals surface area contributed by atoms with Crippen molar-refractivity contribution in [2.75, 3.05) is 39.7 Å². The van der Waals surface area contributed by atoms with E-state index in [2.05, 4.69) is 5.32 Å². The Morgan fingerprint density at radius 3 is 2.65 bits per heavy atom. The Morgan fingerprint density at radius 1 is 1.30 bits per heavy atom. The van der Waals surface area contributed by atoms with Gasteiger partial charge in [0.15, 0.2) is 6.61 Å². The summed E-state index contributed by atoms with van der Waals surface area (Å²) in [5.41, 5.74) is 0. The molecule has 1 amide bonds. The van der Waals surface area contributed by atoms with E-state index in [1.807, 2.05) is 18.2 Å². The molecule has 1 heterocycles. The van der Waals surface area contributed by atoms with Crippen LogP contribution in [-0.4, -0.2) is 64.3 Å². The first kappa shape index (κ1) is 17.7. The molecule has 1 saturated heterocycles. The number of amides is 1. The molecule has 1 aliphatic rings. The molecule has 0 aromatic heterocycles. The Hall–Kier alpha value is -1.64. The minimum Gasteiger partial charge on any atom is -0.484 e. The van der Waals surface area contributed by atoms with Gasteiger partial charge < -0.3 is 14.8 Å². The average molecular weight is 342 g/mol. The molecule has 0 spiro atoms. The lowest BCUT2D eigenvalue weighted by molar-refractivity contribution is -0.124. The molecule has 0 unspecified atom stereocenters. The van der Waals surface area contributed by atoms with E-state index in [4.69, 9.17) is 9.47 Å². The third kappa shape index (κ3) is 5.19. The zero-order chi connectivity index (χ0) is 16.9. The Labute approximate surface area is 136 Å². The zero-order valence-corrected chi connectivity index (χ0v) is 14.1. The van der Waals surface area contributed by atoms with E-state index in [9.17, 15) is 13.2 Å². The number of carbonyl (C=O) groups excluding carboxylic acids is 1. The topological polar surface area (TPSA) is 84.9 Å². The highest BCUT2D eigenvalue weighted by Gasteiger charge is 2.34. The number of sulfonamides is 1. The third-order valence-electron chi connectivity index (χ3n) is 3.64. The van der Waals surface area contributed by atoms with E-state index in [0.29, 0.717) is 19.0 Å². The summed E-state index contributed by atoms with van der Waals surface area (Å²) in [7, 11) is -0.350. The fraction of sp³-hybridized carbons (Fsp3) is 0.533. The van der Waals surface area contributed by atoms with Gasteiger partial charge in [-0.1, -0.05) is 18.2 Å². The van der Waals surface area contributed by atoms with Gasteiger partial charge in [0.1, 0.15) is 5.75 Å². The van der Waals surface area contributed by atoms with Crippen LogP contribution in [0.25, 0.3) is 0 Å². The average Bonchev–Trinajstić information content (AvgIpc) is 2.92. The first-order valence-electron chi connectivity index (χ1n) is 7.33. The van der Waals surface area contributed by atoms with Crippen molar-refractivity contribution in [1.29, 1.82) is 0 Å². The van der Waals surface area contributed by atoms with Crippen molar-refractivity contribution in [3.8, 4) is 5.75 Å². The fourth-order valence-electron chi connectivity index (χ4n) is 2.26. The minimum absolute atomic E-state index is 0.0511. The quantitative estimate of drug-likeness (QED) is 0.759. The summed E-state index contributed by atoms with van der Waals surface area (Å²) in [5.74, 6) is 0.00143. The zero-order valence-electron chi connectivity index (χ0n) is 13.3. The van der Waals surface area contributed by atoms with E-state index in [1.165, 1.54) is 18.4 Å². The molecule has 23 heavy (non-hydrogen) atoms. The van der Waals surface area contributed by atoms with Crippen molar-refractivity contribution < 1.29 is 22.7 Å². The molecule has 128 valence electrons. The Bertz CT molecular complexity index is 618. The van der Waals surface area contributed by atoms with Crippen LogP contribution in [0.1, 0.15) is 0 Å². The molecular weight excluding hydrogens is 320 g/mol. The third-order valence-corrected chi connectivity index (χ3v) is 5.60. The first-order valence-corrected chi connectivity index (χ1v) is 8.94. The lowest BCUT2D eigenvalue weighted by Crippen LogP contribution is -2.45. The van der Waals surface area contributed by atoms with Gasteiger partial charge in [-0.15, -0.1) is 0 Å². The van der Waals surface area contributed by atoms with Crippen LogP contribution in [0.3, 0.4) is 0 Å². The molecule has 1 aromatic rings. The van der Waals surface area contributed by atoms with Gasteiger partial charge in [0.25, 0.3) is 5.91 Å². The van der Waals surface area contributed by atoms with Crippen LogP contribution in [0.2, 0.25) is 0 Å². The summed E-state index contributed by atoms with van der Waals surface area (Å²) in [6, 6.07) is 8.70. The van der Waals surface area contributed by atoms with Gasteiger partial charge in [-0.2, -0.15) is 0 Å². The molecule has 2 rings (SSSR count). The molecule has 7 nitrogen and oxygen atoms in total. The Balaban J connectivity index is 1.85. The van der Waals surface area contributed by atoms with E-state index in [1.54, 1.807) is 12.1 Å². The normalized spacial score (nSPS) is 21.3. The number of rotatable bonds is 7. The van der Waals surface area contributed by atoms with Crippen LogP contribution >= 0.6 is 0 Å². The predicted octanol–water partition coefficient (Wildman–Crippen LogP) is 0.0880. The lowest BCUT2D eigenvalue weighted by Gasteiger charge is -2.21. The highest BCUT2D eigenvalue weighted by Crippen LogP contribution is 2.17. The molecule has 1 aliphatic heterocycles. The summed E-state index contributed by atoms with van der Waals surface area (Å²) in [5, 5.41) is 2.79. The predicted molar refractivity (Wildman–Crippen MR) is 85.7 cm³/mol. The number of nitrogens with zero attached hydrogens (tertiary/aromatic N) is 1. The molecule has 0 aliphatic carbocycles. The van der Waals surface area contributed by atoms with E-state index < -0.39 is 10.0 Å². The van der Waals surface area contributed by atoms with Crippen molar-refractivity contribution in [3.63, 3.8) is 0 Å². The maximum atomic E-state index is 12.0.